The van der Waals surface area contributed by atoms with Crippen LogP contribution in [0.25, 0.3) is 0 Å². The smallest absolute Gasteiger partial charge is 0.352 e. The van der Waals surface area contributed by atoms with E-state index < -0.39 is 40.9 Å². The second kappa shape index (κ2) is 10.1. The minimum atomic E-state index is -5.01. The summed E-state index contributed by atoms with van der Waals surface area (Å²) in [6.07, 6.45) is -5.79. The highest BCUT2D eigenvalue weighted by atomic mass is 19.4. The van der Waals surface area contributed by atoms with Crippen LogP contribution >= 0.6 is 0 Å². The van der Waals surface area contributed by atoms with Crippen LogP contribution in [0.2, 0.25) is 0 Å². The number of halogens is 7. The number of carbonyl (C=O) groups is 1. The number of rotatable bonds is 6. The molecule has 1 saturated carbocycles. The zero-order valence-corrected chi connectivity index (χ0v) is 17.4. The van der Waals surface area contributed by atoms with E-state index in [2.05, 4.69) is 15.6 Å². The van der Waals surface area contributed by atoms with Crippen LogP contribution in [0, 0.1) is 11.9 Å². The highest BCUT2D eigenvalue weighted by Gasteiger charge is 2.37. The molecule has 1 fully saturated rings. The second-order valence-corrected chi connectivity index (χ2v) is 8.06. The predicted octanol–water partition coefficient (Wildman–Crippen LogP) is 5.34. The molecule has 1 aromatic heterocycles. The number of nitrogens with zero attached hydrogens (tertiary/aromatic N) is 1. The second-order valence-electron chi connectivity index (χ2n) is 8.06. The summed E-state index contributed by atoms with van der Waals surface area (Å²) in [5, 5.41) is 5.70. The predicted molar refractivity (Wildman–Crippen MR) is 106 cm³/mol. The first-order valence-corrected chi connectivity index (χ1v) is 10.3. The van der Waals surface area contributed by atoms with Crippen LogP contribution in [0.3, 0.4) is 0 Å². The molecule has 1 heterocycles. The van der Waals surface area contributed by atoms with Crippen molar-refractivity contribution in [2.45, 2.75) is 50.6 Å². The van der Waals surface area contributed by atoms with E-state index in [0.717, 1.165) is 12.8 Å². The van der Waals surface area contributed by atoms with Crippen molar-refractivity contribution in [3.8, 4) is 0 Å². The molecule has 0 radical (unpaired) electrons. The van der Waals surface area contributed by atoms with Crippen LogP contribution in [-0.4, -0.2) is 23.5 Å². The molecule has 2 N–H and O–H groups in total. The average Bonchev–Trinajstić information content (AvgIpc) is 2.76. The molecule has 180 valence electrons. The molecular weight excluding hydrogens is 455 g/mol. The van der Waals surface area contributed by atoms with Crippen molar-refractivity contribution in [1.29, 1.82) is 0 Å². The number of alkyl halides is 6. The zero-order chi connectivity index (χ0) is 24.2. The van der Waals surface area contributed by atoms with Gasteiger partial charge in [0.25, 0.3) is 5.91 Å². The summed E-state index contributed by atoms with van der Waals surface area (Å²) in [5.74, 6) is -1.49. The molecule has 0 atom stereocenters. The number of carbonyl (C=O) groups excluding carboxylic acids is 1. The van der Waals surface area contributed by atoms with E-state index in [4.69, 9.17) is 0 Å². The number of aromatic nitrogens is 1. The molecule has 4 nitrogen and oxygen atoms in total. The Morgan fingerprint density at radius 1 is 0.970 bits per heavy atom. The number of pyridine rings is 1. The van der Waals surface area contributed by atoms with E-state index in [0.29, 0.717) is 37.1 Å². The third-order valence-corrected chi connectivity index (χ3v) is 5.67. The number of benzene rings is 1. The van der Waals surface area contributed by atoms with Gasteiger partial charge in [0, 0.05) is 36.5 Å². The Morgan fingerprint density at radius 2 is 1.58 bits per heavy atom. The molecule has 1 aliphatic rings. The van der Waals surface area contributed by atoms with Gasteiger partial charge in [0.1, 0.15) is 0 Å². The lowest BCUT2D eigenvalue weighted by atomic mass is 9.86. The van der Waals surface area contributed by atoms with E-state index in [1.807, 2.05) is 0 Å². The molecule has 2 aromatic rings. The Balaban J connectivity index is 1.53. The Morgan fingerprint density at radius 3 is 2.12 bits per heavy atom. The number of amides is 1. The maximum absolute atomic E-state index is 13.6. The zero-order valence-electron chi connectivity index (χ0n) is 17.4. The number of hydrogen-bond acceptors (Lipinski definition) is 3. The van der Waals surface area contributed by atoms with Crippen LogP contribution in [0.5, 0.6) is 0 Å². The van der Waals surface area contributed by atoms with Crippen molar-refractivity contribution in [2.75, 3.05) is 6.54 Å². The van der Waals surface area contributed by atoms with E-state index in [9.17, 15) is 35.5 Å². The average molecular weight is 477 g/mol. The normalized spacial score (nSPS) is 19.4. The van der Waals surface area contributed by atoms with Gasteiger partial charge in [0.05, 0.1) is 11.1 Å². The minimum Gasteiger partial charge on any atom is -0.352 e. The Bertz CT molecular complexity index is 935. The van der Waals surface area contributed by atoms with Gasteiger partial charge in [0.15, 0.2) is 0 Å². The Hall–Kier alpha value is -2.69. The van der Waals surface area contributed by atoms with Gasteiger partial charge < -0.3 is 10.6 Å². The van der Waals surface area contributed by atoms with E-state index in [1.54, 1.807) is 12.1 Å². The molecule has 0 unspecified atom stereocenters. The van der Waals surface area contributed by atoms with Gasteiger partial charge >= 0.3 is 12.4 Å². The van der Waals surface area contributed by atoms with Crippen LogP contribution in [0.15, 0.2) is 36.5 Å². The van der Waals surface area contributed by atoms with Gasteiger partial charge in [-0.3, -0.25) is 4.79 Å². The lowest BCUT2D eigenvalue weighted by Crippen LogP contribution is -2.37. The van der Waals surface area contributed by atoms with E-state index in [-0.39, 0.29) is 24.6 Å². The molecule has 1 amide bonds. The van der Waals surface area contributed by atoms with E-state index in [1.165, 1.54) is 6.20 Å². The van der Waals surface area contributed by atoms with Gasteiger partial charge in [0.2, 0.25) is 5.95 Å². The third kappa shape index (κ3) is 6.89. The summed E-state index contributed by atoms with van der Waals surface area (Å²) in [7, 11) is 0. The fourth-order valence-corrected chi connectivity index (χ4v) is 3.80. The first-order chi connectivity index (χ1) is 15.4. The molecule has 1 aliphatic carbocycles. The lowest BCUT2D eigenvalue weighted by Gasteiger charge is -2.29. The Labute approximate surface area is 185 Å². The summed E-state index contributed by atoms with van der Waals surface area (Å²) in [4.78, 5) is 15.9. The first kappa shape index (κ1) is 24.9. The number of nitrogens with one attached hydrogen (secondary N) is 2. The largest absolute Gasteiger partial charge is 0.416 e. The lowest BCUT2D eigenvalue weighted by molar-refractivity contribution is -0.143. The molecule has 11 heteroatoms. The summed E-state index contributed by atoms with van der Waals surface area (Å²) >= 11 is 0. The highest BCUT2D eigenvalue weighted by molar-refractivity contribution is 5.94. The van der Waals surface area contributed by atoms with Crippen molar-refractivity contribution in [2.24, 2.45) is 5.92 Å². The molecular formula is C22H22F7N3O. The first-order valence-electron chi connectivity index (χ1n) is 10.3. The third-order valence-electron chi connectivity index (χ3n) is 5.67. The molecule has 3 rings (SSSR count). The SMILES string of the molecule is O=C(NC[C@H]1CC[C@@H](NCc2cccnc2F)CC1)c1cc(C(F)(F)F)cc(C(F)(F)F)c1. The van der Waals surface area contributed by atoms with Crippen molar-refractivity contribution >= 4 is 5.91 Å². The molecule has 1 aromatic carbocycles. The minimum absolute atomic E-state index is 0.0115. The monoisotopic (exact) mass is 477 g/mol. The quantitative estimate of drug-likeness (QED) is 0.437. The summed E-state index contributed by atoms with van der Waals surface area (Å²) in [6, 6.07) is 4.24. The standard InChI is InChI=1S/C22H22F7N3O/c23-19-14(2-1-7-30-19)12-31-18-5-3-13(4-6-18)11-32-20(33)15-8-16(21(24,25)26)10-17(9-15)22(27,28)29/h1-2,7-10,13,18,31H,3-6,11-12H2,(H,32,33)/t13-,18+. The topological polar surface area (TPSA) is 54.0 Å². The van der Waals surface area contributed by atoms with Crippen molar-refractivity contribution in [1.82, 2.24) is 15.6 Å². The molecule has 0 spiro atoms. The summed E-state index contributed by atoms with van der Waals surface area (Å²) in [5.41, 5.74) is -3.30. The fraction of sp³-hybridized carbons (Fsp3) is 0.455. The molecule has 0 aliphatic heterocycles. The maximum atomic E-state index is 13.6. The van der Waals surface area contributed by atoms with Crippen LogP contribution in [-0.2, 0) is 18.9 Å². The van der Waals surface area contributed by atoms with Gasteiger partial charge in [-0.2, -0.15) is 30.7 Å². The summed E-state index contributed by atoms with van der Waals surface area (Å²) in [6.45, 7) is 0.462. The van der Waals surface area contributed by atoms with Crippen molar-refractivity contribution in [3.63, 3.8) is 0 Å². The maximum Gasteiger partial charge on any atom is 0.416 e. The number of hydrogen-bond donors (Lipinski definition) is 2. The van der Waals surface area contributed by atoms with Gasteiger partial charge in [-0.1, -0.05) is 6.07 Å². The van der Waals surface area contributed by atoms with Crippen molar-refractivity contribution in [3.05, 3.63) is 64.7 Å². The summed E-state index contributed by atoms with van der Waals surface area (Å²) < 4.78 is 91.4. The Kier molecular flexibility index (Phi) is 7.61. The van der Waals surface area contributed by atoms with Gasteiger partial charge in [-0.05, 0) is 55.9 Å². The van der Waals surface area contributed by atoms with Gasteiger partial charge in [-0.25, -0.2) is 4.98 Å². The fourth-order valence-electron chi connectivity index (χ4n) is 3.80. The van der Waals surface area contributed by atoms with Crippen LogP contribution < -0.4 is 10.6 Å². The molecule has 0 bridgehead atoms. The van der Waals surface area contributed by atoms with Crippen molar-refractivity contribution < 1.29 is 35.5 Å². The molecule has 0 saturated heterocycles. The van der Waals surface area contributed by atoms with E-state index >= 15 is 0 Å². The van der Waals surface area contributed by atoms with Crippen LogP contribution in [0.4, 0.5) is 30.7 Å². The van der Waals surface area contributed by atoms with Crippen LogP contribution in [0.1, 0.15) is 52.7 Å². The molecule has 33 heavy (non-hydrogen) atoms. The van der Waals surface area contributed by atoms with Gasteiger partial charge in [-0.15, -0.1) is 0 Å². The highest BCUT2D eigenvalue weighted by Crippen LogP contribution is 2.36.